The van der Waals surface area contributed by atoms with E-state index in [-0.39, 0.29) is 10.7 Å². The van der Waals surface area contributed by atoms with E-state index in [1.54, 1.807) is 6.08 Å². The van der Waals surface area contributed by atoms with Crippen LogP contribution >= 0.6 is 12.2 Å². The van der Waals surface area contributed by atoms with Crippen molar-refractivity contribution in [2.24, 2.45) is 0 Å². The Morgan fingerprint density at radius 3 is 2.39 bits per heavy atom. The summed E-state index contributed by atoms with van der Waals surface area (Å²) in [5, 5.41) is 17.0. The van der Waals surface area contributed by atoms with Crippen LogP contribution in [0, 0.1) is 0 Å². The van der Waals surface area contributed by atoms with Crippen LogP contribution in [0.25, 0.3) is 27.8 Å². The number of amides is 2. The topological polar surface area (TPSA) is 93.8 Å². The molecule has 1 saturated heterocycles. The Kier molecular flexibility index (Phi) is 5.38. The van der Waals surface area contributed by atoms with Crippen LogP contribution in [0.3, 0.4) is 0 Å². The second-order valence-corrected chi connectivity index (χ2v) is 8.98. The van der Waals surface area contributed by atoms with Crippen LogP contribution in [0.5, 0.6) is 0 Å². The zero-order valence-electron chi connectivity index (χ0n) is 19.0. The average Bonchev–Trinajstić information content (AvgIpc) is 3.46. The van der Waals surface area contributed by atoms with Gasteiger partial charge in [-0.25, -0.2) is 4.68 Å². The molecule has 0 bridgehead atoms. The van der Waals surface area contributed by atoms with E-state index in [4.69, 9.17) is 12.2 Å². The number of carbonyl (C=O) groups excluding carboxylic acids is 2. The van der Waals surface area contributed by atoms with E-state index < -0.39 is 11.8 Å². The molecule has 1 aliphatic rings. The van der Waals surface area contributed by atoms with Crippen LogP contribution in [0.2, 0.25) is 0 Å². The van der Waals surface area contributed by atoms with Crippen molar-refractivity contribution in [1.29, 1.82) is 0 Å². The molecule has 9 heteroatoms. The van der Waals surface area contributed by atoms with Gasteiger partial charge in [0.2, 0.25) is 0 Å². The summed E-state index contributed by atoms with van der Waals surface area (Å²) in [6.07, 6.45) is 5.44. The van der Waals surface area contributed by atoms with E-state index in [9.17, 15) is 9.59 Å². The zero-order valence-corrected chi connectivity index (χ0v) is 19.8. The van der Waals surface area contributed by atoms with Gasteiger partial charge < -0.3 is 4.57 Å². The Bertz CT molecular complexity index is 1690. The van der Waals surface area contributed by atoms with Crippen LogP contribution in [-0.2, 0) is 22.7 Å². The number of hydrogen-bond donors (Lipinski definition) is 2. The number of nitrogens with one attached hydrogen (secondary N) is 2. The fourth-order valence-corrected chi connectivity index (χ4v) is 4.74. The summed E-state index contributed by atoms with van der Waals surface area (Å²) in [6, 6.07) is 22.4. The van der Waals surface area contributed by atoms with Crippen molar-refractivity contribution in [2.45, 2.75) is 13.1 Å². The SMILES string of the molecule is O=C1NC(=S)NC(=O)C1=Cc1cn(Cc2cn(Cc3cccc4ccccc34)nn2)c2ccccc12. The van der Waals surface area contributed by atoms with Gasteiger partial charge in [-0.3, -0.25) is 20.2 Å². The standard InChI is InChI=1S/C27H20N6O2S/c34-25-23(26(35)29-27(36)28-25)12-19-13-32(24-11-4-3-10-22(19)24)15-20-16-33(31-30-20)14-18-8-5-7-17-6-1-2-9-21(17)18/h1-13,16H,14-15H2,(H2,28,29,34,35,36). The van der Waals surface area contributed by atoms with E-state index in [1.165, 1.54) is 16.3 Å². The Morgan fingerprint density at radius 1 is 0.833 bits per heavy atom. The smallest absolute Gasteiger partial charge is 0.263 e. The van der Waals surface area contributed by atoms with Crippen molar-refractivity contribution in [1.82, 2.24) is 30.2 Å². The normalized spacial score (nSPS) is 13.8. The quantitative estimate of drug-likeness (QED) is 0.223. The molecule has 0 radical (unpaired) electrons. The Hall–Kier alpha value is -4.63. The molecule has 2 N–H and O–H groups in total. The highest BCUT2D eigenvalue weighted by Gasteiger charge is 2.26. The number of aromatic nitrogens is 4. The highest BCUT2D eigenvalue weighted by atomic mass is 32.1. The fourth-order valence-electron chi connectivity index (χ4n) is 4.55. The van der Waals surface area contributed by atoms with Crippen LogP contribution in [-0.4, -0.2) is 36.5 Å². The van der Waals surface area contributed by atoms with Crippen molar-refractivity contribution >= 4 is 56.9 Å². The molecular formula is C27H20N6O2S. The summed E-state index contributed by atoms with van der Waals surface area (Å²) >= 11 is 4.89. The predicted molar refractivity (Wildman–Crippen MR) is 141 cm³/mol. The molecule has 0 unspecified atom stereocenters. The molecule has 0 aliphatic carbocycles. The minimum absolute atomic E-state index is 0.00698. The van der Waals surface area contributed by atoms with Crippen LogP contribution in [0.15, 0.2) is 84.7 Å². The monoisotopic (exact) mass is 492 g/mol. The number of benzene rings is 3. The molecule has 8 nitrogen and oxygen atoms in total. The van der Waals surface area contributed by atoms with Gasteiger partial charge in [0.15, 0.2) is 5.11 Å². The highest BCUT2D eigenvalue weighted by Crippen LogP contribution is 2.25. The van der Waals surface area contributed by atoms with Gasteiger partial charge >= 0.3 is 0 Å². The zero-order chi connectivity index (χ0) is 24.6. The molecule has 3 heterocycles. The first-order chi connectivity index (χ1) is 17.5. The lowest BCUT2D eigenvalue weighted by molar-refractivity contribution is -0.123. The second-order valence-electron chi connectivity index (χ2n) is 8.57. The van der Waals surface area contributed by atoms with E-state index in [0.29, 0.717) is 13.1 Å². The van der Waals surface area contributed by atoms with Gasteiger partial charge in [-0.1, -0.05) is 65.9 Å². The van der Waals surface area contributed by atoms with Crippen molar-refractivity contribution in [3.8, 4) is 0 Å². The number of hydrogen-bond acceptors (Lipinski definition) is 5. The predicted octanol–water partition coefficient (Wildman–Crippen LogP) is 3.40. The van der Waals surface area contributed by atoms with E-state index >= 15 is 0 Å². The van der Waals surface area contributed by atoms with Crippen molar-refractivity contribution in [3.05, 3.63) is 102 Å². The maximum Gasteiger partial charge on any atom is 0.263 e. The summed E-state index contributed by atoms with van der Waals surface area (Å²) in [5.41, 5.74) is 3.69. The average molecular weight is 493 g/mol. The summed E-state index contributed by atoms with van der Waals surface area (Å²) < 4.78 is 3.88. The largest absolute Gasteiger partial charge is 0.341 e. The summed E-state index contributed by atoms with van der Waals surface area (Å²) in [7, 11) is 0. The molecular weight excluding hydrogens is 472 g/mol. The molecule has 2 amide bonds. The Morgan fingerprint density at radius 2 is 1.56 bits per heavy atom. The Labute approximate surface area is 211 Å². The molecule has 176 valence electrons. The van der Waals surface area contributed by atoms with Crippen LogP contribution in [0.1, 0.15) is 16.8 Å². The summed E-state index contributed by atoms with van der Waals surface area (Å²) in [6.45, 7) is 1.10. The molecule has 0 atom stereocenters. The van der Waals surface area contributed by atoms with Gasteiger partial charge in [-0.2, -0.15) is 0 Å². The number of fused-ring (bicyclic) bond motifs is 2. The number of thiocarbonyl (C=S) groups is 1. The molecule has 2 aromatic heterocycles. The third-order valence-corrected chi connectivity index (χ3v) is 6.40. The summed E-state index contributed by atoms with van der Waals surface area (Å²) in [4.78, 5) is 24.7. The maximum absolute atomic E-state index is 12.3. The third kappa shape index (κ3) is 4.05. The molecule has 36 heavy (non-hydrogen) atoms. The van der Waals surface area contributed by atoms with E-state index in [1.807, 2.05) is 58.0 Å². The number of para-hydroxylation sites is 1. The number of nitrogens with zero attached hydrogens (tertiary/aromatic N) is 4. The molecule has 5 aromatic rings. The van der Waals surface area contributed by atoms with Gasteiger partial charge in [0, 0.05) is 22.7 Å². The second kappa shape index (κ2) is 8.86. The van der Waals surface area contributed by atoms with Crippen molar-refractivity contribution in [2.75, 3.05) is 0 Å². The lowest BCUT2D eigenvalue weighted by Crippen LogP contribution is -2.51. The molecule has 6 rings (SSSR count). The van der Waals surface area contributed by atoms with E-state index in [2.05, 4.69) is 51.3 Å². The molecule has 1 aliphatic heterocycles. The van der Waals surface area contributed by atoms with Crippen LogP contribution < -0.4 is 10.6 Å². The lowest BCUT2D eigenvalue weighted by atomic mass is 10.0. The first-order valence-corrected chi connectivity index (χ1v) is 11.8. The van der Waals surface area contributed by atoms with Gasteiger partial charge in [-0.15, -0.1) is 5.10 Å². The third-order valence-electron chi connectivity index (χ3n) is 6.19. The highest BCUT2D eigenvalue weighted by molar-refractivity contribution is 7.80. The maximum atomic E-state index is 12.3. The van der Waals surface area contributed by atoms with Gasteiger partial charge in [-0.05, 0) is 40.7 Å². The van der Waals surface area contributed by atoms with Gasteiger partial charge in [0.1, 0.15) is 11.3 Å². The van der Waals surface area contributed by atoms with Crippen molar-refractivity contribution in [3.63, 3.8) is 0 Å². The van der Waals surface area contributed by atoms with E-state index in [0.717, 1.165) is 22.2 Å². The molecule has 3 aromatic carbocycles. The molecule has 1 fully saturated rings. The lowest BCUT2D eigenvalue weighted by Gasteiger charge is -2.16. The minimum Gasteiger partial charge on any atom is -0.341 e. The van der Waals surface area contributed by atoms with Gasteiger partial charge in [0.05, 0.1) is 19.3 Å². The number of rotatable bonds is 5. The molecule has 0 saturated carbocycles. The van der Waals surface area contributed by atoms with Crippen molar-refractivity contribution < 1.29 is 9.59 Å². The van der Waals surface area contributed by atoms with Gasteiger partial charge in [0.25, 0.3) is 11.8 Å². The number of carbonyl (C=O) groups is 2. The van der Waals surface area contributed by atoms with Crippen LogP contribution in [0.4, 0.5) is 0 Å². The minimum atomic E-state index is -0.517. The first-order valence-electron chi connectivity index (χ1n) is 11.4. The fraction of sp³-hybridized carbons (Fsp3) is 0.0741. The first kappa shape index (κ1) is 21.9. The molecule has 0 spiro atoms. The Balaban J connectivity index is 1.30. The summed E-state index contributed by atoms with van der Waals surface area (Å²) in [5.74, 6) is -1.03.